The number of pyridine rings is 1. The monoisotopic (exact) mass is 253 g/mol. The topological polar surface area (TPSA) is 42.2 Å². The number of hydrogen-bond acceptors (Lipinski definition) is 3. The minimum absolute atomic E-state index is 0.476. The Kier molecular flexibility index (Phi) is 4.37. The van der Waals surface area contributed by atoms with Crippen molar-refractivity contribution in [3.63, 3.8) is 0 Å². The van der Waals surface area contributed by atoms with Crippen LogP contribution in [0.25, 0.3) is 0 Å². The maximum atomic E-state index is 5.91. The number of nitrogens with two attached hydrogens (primary N) is 1. The molecule has 1 aliphatic heterocycles. The summed E-state index contributed by atoms with van der Waals surface area (Å²) in [6.45, 7) is 4.98. The van der Waals surface area contributed by atoms with E-state index >= 15 is 0 Å². The van der Waals surface area contributed by atoms with Crippen LogP contribution in [0.1, 0.15) is 25.5 Å². The lowest BCUT2D eigenvalue weighted by Gasteiger charge is -2.39. The number of hydrogen-bond donors (Lipinski definition) is 1. The molecule has 1 fully saturated rings. The molecule has 0 radical (unpaired) electrons. The number of nitrogens with zero attached hydrogens (tertiary/aromatic N) is 2. The van der Waals surface area contributed by atoms with Gasteiger partial charge in [-0.25, -0.2) is 4.98 Å². The van der Waals surface area contributed by atoms with Crippen LogP contribution in [0.3, 0.4) is 0 Å². The fourth-order valence-corrected chi connectivity index (χ4v) is 2.84. The SMILES string of the molecule is CC1CCCN(Cc2cccc(Cl)n2)C1CN. The molecule has 0 spiro atoms. The molecule has 0 saturated carbocycles. The first-order chi connectivity index (χ1) is 8.20. The van der Waals surface area contributed by atoms with Crippen molar-refractivity contribution in [3.8, 4) is 0 Å². The van der Waals surface area contributed by atoms with Gasteiger partial charge in [0.2, 0.25) is 0 Å². The number of piperidine rings is 1. The fraction of sp³-hybridized carbons (Fsp3) is 0.615. The van der Waals surface area contributed by atoms with Crippen molar-refractivity contribution in [2.24, 2.45) is 11.7 Å². The van der Waals surface area contributed by atoms with Crippen molar-refractivity contribution >= 4 is 11.6 Å². The molecule has 0 bridgehead atoms. The molecule has 1 aromatic heterocycles. The van der Waals surface area contributed by atoms with Gasteiger partial charge in [-0.05, 0) is 37.4 Å². The first kappa shape index (κ1) is 12.8. The largest absolute Gasteiger partial charge is 0.329 e. The standard InChI is InChI=1S/C13H20ClN3/c1-10-4-3-7-17(12(10)8-15)9-11-5-2-6-13(14)16-11/h2,5-6,10,12H,3-4,7-9,15H2,1H3. The van der Waals surface area contributed by atoms with Gasteiger partial charge in [0.1, 0.15) is 5.15 Å². The Morgan fingerprint density at radius 3 is 3.06 bits per heavy atom. The maximum absolute atomic E-state index is 5.91. The van der Waals surface area contributed by atoms with Gasteiger partial charge in [0.25, 0.3) is 0 Å². The van der Waals surface area contributed by atoms with Crippen molar-refractivity contribution in [2.45, 2.75) is 32.4 Å². The number of aromatic nitrogens is 1. The third kappa shape index (κ3) is 3.18. The average Bonchev–Trinajstić information content (AvgIpc) is 2.29. The molecule has 2 atom stereocenters. The van der Waals surface area contributed by atoms with E-state index in [0.29, 0.717) is 17.1 Å². The predicted octanol–water partition coefficient (Wildman–Crippen LogP) is 2.29. The average molecular weight is 254 g/mol. The smallest absolute Gasteiger partial charge is 0.129 e. The summed E-state index contributed by atoms with van der Waals surface area (Å²) < 4.78 is 0. The first-order valence-electron chi connectivity index (χ1n) is 6.26. The van der Waals surface area contributed by atoms with E-state index in [4.69, 9.17) is 17.3 Å². The minimum Gasteiger partial charge on any atom is -0.329 e. The van der Waals surface area contributed by atoms with E-state index in [1.807, 2.05) is 18.2 Å². The van der Waals surface area contributed by atoms with Crippen LogP contribution in [-0.4, -0.2) is 29.0 Å². The van der Waals surface area contributed by atoms with E-state index in [2.05, 4.69) is 16.8 Å². The molecule has 0 aliphatic carbocycles. The highest BCUT2D eigenvalue weighted by molar-refractivity contribution is 6.29. The van der Waals surface area contributed by atoms with Crippen LogP contribution in [-0.2, 0) is 6.54 Å². The van der Waals surface area contributed by atoms with Gasteiger partial charge in [0.05, 0.1) is 5.69 Å². The van der Waals surface area contributed by atoms with Crippen LogP contribution in [0, 0.1) is 5.92 Å². The summed E-state index contributed by atoms with van der Waals surface area (Å²) in [5, 5.41) is 0.567. The van der Waals surface area contributed by atoms with Crippen molar-refractivity contribution in [2.75, 3.05) is 13.1 Å². The highest BCUT2D eigenvalue weighted by Gasteiger charge is 2.27. The van der Waals surface area contributed by atoms with Crippen LogP contribution in [0.4, 0.5) is 0 Å². The molecule has 0 amide bonds. The van der Waals surface area contributed by atoms with Crippen LogP contribution in [0.15, 0.2) is 18.2 Å². The lowest BCUT2D eigenvalue weighted by molar-refractivity contribution is 0.0978. The second-order valence-electron chi connectivity index (χ2n) is 4.84. The Morgan fingerprint density at radius 2 is 2.35 bits per heavy atom. The van der Waals surface area contributed by atoms with E-state index in [1.54, 1.807) is 0 Å². The van der Waals surface area contributed by atoms with E-state index in [1.165, 1.54) is 12.8 Å². The van der Waals surface area contributed by atoms with Crippen molar-refractivity contribution in [1.29, 1.82) is 0 Å². The van der Waals surface area contributed by atoms with Gasteiger partial charge in [0.15, 0.2) is 0 Å². The van der Waals surface area contributed by atoms with Gasteiger partial charge in [-0.2, -0.15) is 0 Å². The van der Waals surface area contributed by atoms with Gasteiger partial charge in [-0.3, -0.25) is 4.90 Å². The van der Waals surface area contributed by atoms with Crippen LogP contribution in [0.2, 0.25) is 5.15 Å². The second kappa shape index (κ2) is 5.80. The molecule has 94 valence electrons. The van der Waals surface area contributed by atoms with E-state index in [-0.39, 0.29) is 0 Å². The lowest BCUT2D eigenvalue weighted by Crippen LogP contribution is -2.48. The molecule has 2 heterocycles. The zero-order valence-electron chi connectivity index (χ0n) is 10.3. The van der Waals surface area contributed by atoms with Crippen molar-refractivity contribution < 1.29 is 0 Å². The number of likely N-dealkylation sites (tertiary alicyclic amines) is 1. The Morgan fingerprint density at radius 1 is 1.53 bits per heavy atom. The van der Waals surface area contributed by atoms with Crippen LogP contribution in [0.5, 0.6) is 0 Å². The minimum atomic E-state index is 0.476. The predicted molar refractivity (Wildman–Crippen MR) is 70.9 cm³/mol. The summed E-state index contributed by atoms with van der Waals surface area (Å²) in [5.74, 6) is 0.674. The van der Waals surface area contributed by atoms with Gasteiger partial charge < -0.3 is 5.73 Å². The van der Waals surface area contributed by atoms with Gasteiger partial charge in [0, 0.05) is 19.1 Å². The van der Waals surface area contributed by atoms with Gasteiger partial charge >= 0.3 is 0 Å². The third-order valence-corrected chi connectivity index (χ3v) is 3.82. The van der Waals surface area contributed by atoms with Crippen LogP contribution < -0.4 is 5.73 Å². The van der Waals surface area contributed by atoms with Crippen molar-refractivity contribution in [3.05, 3.63) is 29.0 Å². The summed E-state index contributed by atoms with van der Waals surface area (Å²) in [6, 6.07) is 6.27. The summed E-state index contributed by atoms with van der Waals surface area (Å²) in [6.07, 6.45) is 2.53. The van der Waals surface area contributed by atoms with E-state index in [9.17, 15) is 0 Å². The molecule has 2 unspecified atom stereocenters. The highest BCUT2D eigenvalue weighted by atomic mass is 35.5. The summed E-state index contributed by atoms with van der Waals surface area (Å²) in [7, 11) is 0. The Hall–Kier alpha value is -0.640. The Balaban J connectivity index is 2.06. The molecular weight excluding hydrogens is 234 g/mol. The lowest BCUT2D eigenvalue weighted by atomic mass is 9.90. The zero-order valence-corrected chi connectivity index (χ0v) is 11.0. The normalized spacial score (nSPS) is 26.1. The Labute approximate surface area is 108 Å². The molecule has 1 aromatic rings. The second-order valence-corrected chi connectivity index (χ2v) is 5.23. The van der Waals surface area contributed by atoms with E-state index < -0.39 is 0 Å². The molecule has 0 aromatic carbocycles. The maximum Gasteiger partial charge on any atom is 0.129 e. The number of halogens is 1. The van der Waals surface area contributed by atoms with E-state index in [0.717, 1.165) is 25.3 Å². The molecule has 1 saturated heterocycles. The third-order valence-electron chi connectivity index (χ3n) is 3.61. The summed E-state index contributed by atoms with van der Waals surface area (Å²) in [5.41, 5.74) is 6.91. The molecule has 2 rings (SSSR count). The first-order valence-corrected chi connectivity index (χ1v) is 6.64. The molecule has 3 nitrogen and oxygen atoms in total. The highest BCUT2D eigenvalue weighted by Crippen LogP contribution is 2.24. The number of rotatable bonds is 3. The summed E-state index contributed by atoms with van der Waals surface area (Å²) in [4.78, 5) is 6.78. The molecule has 1 aliphatic rings. The molecule has 4 heteroatoms. The molecular formula is C13H20ClN3. The van der Waals surface area contributed by atoms with Crippen LogP contribution >= 0.6 is 11.6 Å². The van der Waals surface area contributed by atoms with Crippen molar-refractivity contribution in [1.82, 2.24) is 9.88 Å². The van der Waals surface area contributed by atoms with Gasteiger partial charge in [-0.15, -0.1) is 0 Å². The fourth-order valence-electron chi connectivity index (χ4n) is 2.66. The summed E-state index contributed by atoms with van der Waals surface area (Å²) >= 11 is 5.91. The zero-order chi connectivity index (χ0) is 12.3. The quantitative estimate of drug-likeness (QED) is 0.841. The Bertz CT molecular complexity index is 369. The molecule has 17 heavy (non-hydrogen) atoms. The molecule has 2 N–H and O–H groups in total. The van der Waals surface area contributed by atoms with Gasteiger partial charge in [-0.1, -0.05) is 24.6 Å².